The number of rotatable bonds is 5. The van der Waals surface area contributed by atoms with E-state index >= 15 is 0 Å². The second-order valence-corrected chi connectivity index (χ2v) is 9.04. The van der Waals surface area contributed by atoms with Crippen LogP contribution in [0.4, 0.5) is 5.69 Å². The van der Waals surface area contributed by atoms with E-state index in [9.17, 15) is 14.4 Å². The van der Waals surface area contributed by atoms with Gasteiger partial charge in [0.1, 0.15) is 6.04 Å². The Morgan fingerprint density at radius 2 is 1.83 bits per heavy atom. The van der Waals surface area contributed by atoms with Crippen molar-refractivity contribution < 1.29 is 14.4 Å². The Labute approximate surface area is 191 Å². The van der Waals surface area contributed by atoms with Gasteiger partial charge < -0.3 is 4.90 Å². The SMILES string of the molecule is O=C1CC(N(Cc2ccccc2Cl)C(=O)c2cccs2)C(=O)N1c1ccc(Br)cc1. The number of halogens is 2. The summed E-state index contributed by atoms with van der Waals surface area (Å²) in [4.78, 5) is 42.4. The van der Waals surface area contributed by atoms with Gasteiger partial charge in [-0.3, -0.25) is 14.4 Å². The van der Waals surface area contributed by atoms with Crippen LogP contribution in [-0.4, -0.2) is 28.7 Å². The van der Waals surface area contributed by atoms with Crippen molar-refractivity contribution in [2.45, 2.75) is 19.0 Å². The van der Waals surface area contributed by atoms with Crippen LogP contribution in [0.15, 0.2) is 70.5 Å². The maximum Gasteiger partial charge on any atom is 0.264 e. The van der Waals surface area contributed by atoms with Crippen LogP contribution in [0.3, 0.4) is 0 Å². The molecule has 2 aromatic carbocycles. The second-order valence-electron chi connectivity index (χ2n) is 6.77. The molecule has 3 aromatic rings. The van der Waals surface area contributed by atoms with Gasteiger partial charge in [-0.05, 0) is 47.3 Å². The van der Waals surface area contributed by atoms with Crippen molar-refractivity contribution >= 4 is 62.3 Å². The molecule has 1 unspecified atom stereocenters. The highest BCUT2D eigenvalue weighted by Gasteiger charge is 2.44. The highest BCUT2D eigenvalue weighted by Crippen LogP contribution is 2.30. The first-order valence-corrected chi connectivity index (χ1v) is 11.2. The Bertz CT molecular complexity index is 1100. The van der Waals surface area contributed by atoms with Gasteiger partial charge in [-0.1, -0.05) is 51.8 Å². The summed E-state index contributed by atoms with van der Waals surface area (Å²) < 4.78 is 0.843. The summed E-state index contributed by atoms with van der Waals surface area (Å²) in [5.74, 6) is -1.05. The number of thiophene rings is 1. The van der Waals surface area contributed by atoms with Crippen LogP contribution >= 0.6 is 38.9 Å². The molecular formula is C22H16BrClN2O3S. The van der Waals surface area contributed by atoms with Crippen LogP contribution in [0.1, 0.15) is 21.7 Å². The minimum Gasteiger partial charge on any atom is -0.321 e. The third-order valence-electron chi connectivity index (χ3n) is 4.88. The van der Waals surface area contributed by atoms with Gasteiger partial charge in [0.25, 0.3) is 11.8 Å². The van der Waals surface area contributed by atoms with Crippen molar-refractivity contribution in [1.29, 1.82) is 0 Å². The highest BCUT2D eigenvalue weighted by atomic mass is 79.9. The van der Waals surface area contributed by atoms with Crippen molar-refractivity contribution in [3.63, 3.8) is 0 Å². The molecule has 0 spiro atoms. The van der Waals surface area contributed by atoms with E-state index < -0.39 is 11.9 Å². The zero-order valence-electron chi connectivity index (χ0n) is 15.6. The van der Waals surface area contributed by atoms with Crippen LogP contribution < -0.4 is 4.90 Å². The Hall–Kier alpha value is -2.48. The van der Waals surface area contributed by atoms with Gasteiger partial charge in [0.2, 0.25) is 5.91 Å². The second kappa shape index (κ2) is 8.71. The van der Waals surface area contributed by atoms with Gasteiger partial charge in [0.05, 0.1) is 17.0 Å². The van der Waals surface area contributed by atoms with E-state index in [1.165, 1.54) is 16.2 Å². The maximum absolute atomic E-state index is 13.3. The first kappa shape index (κ1) is 20.8. The summed E-state index contributed by atoms with van der Waals surface area (Å²) in [7, 11) is 0. The Balaban J connectivity index is 1.69. The van der Waals surface area contributed by atoms with Gasteiger partial charge in [-0.15, -0.1) is 11.3 Å². The lowest BCUT2D eigenvalue weighted by atomic mass is 10.1. The largest absolute Gasteiger partial charge is 0.321 e. The minimum atomic E-state index is -0.896. The molecule has 1 atom stereocenters. The predicted molar refractivity (Wildman–Crippen MR) is 121 cm³/mol. The van der Waals surface area contributed by atoms with E-state index in [1.807, 2.05) is 12.1 Å². The molecule has 3 amide bonds. The summed E-state index contributed by atoms with van der Waals surface area (Å²) in [6, 6.07) is 16.7. The molecule has 5 nitrogen and oxygen atoms in total. The van der Waals surface area contributed by atoms with Gasteiger partial charge in [0, 0.05) is 16.0 Å². The molecule has 1 fully saturated rings. The minimum absolute atomic E-state index is 0.0730. The summed E-state index contributed by atoms with van der Waals surface area (Å²) in [5.41, 5.74) is 1.20. The van der Waals surface area contributed by atoms with E-state index in [0.717, 1.165) is 9.37 Å². The number of benzene rings is 2. The molecule has 1 aliphatic rings. The number of amides is 3. The lowest BCUT2D eigenvalue weighted by molar-refractivity contribution is -0.122. The van der Waals surface area contributed by atoms with E-state index in [2.05, 4.69) is 15.9 Å². The predicted octanol–water partition coefficient (Wildman–Crippen LogP) is 5.14. The molecule has 2 heterocycles. The number of carbonyl (C=O) groups excluding carboxylic acids is 3. The monoisotopic (exact) mass is 502 g/mol. The zero-order valence-corrected chi connectivity index (χ0v) is 18.8. The number of nitrogens with zero attached hydrogens (tertiary/aromatic N) is 2. The number of hydrogen-bond donors (Lipinski definition) is 0. The molecule has 152 valence electrons. The third-order valence-corrected chi connectivity index (χ3v) is 6.63. The molecule has 1 aliphatic heterocycles. The summed E-state index contributed by atoms with van der Waals surface area (Å²) >= 11 is 11.0. The summed E-state index contributed by atoms with van der Waals surface area (Å²) in [5, 5.41) is 2.31. The van der Waals surface area contributed by atoms with E-state index in [4.69, 9.17) is 11.6 Å². The average Bonchev–Trinajstić information content (AvgIpc) is 3.36. The van der Waals surface area contributed by atoms with Crippen LogP contribution in [-0.2, 0) is 16.1 Å². The molecule has 1 saturated heterocycles. The van der Waals surface area contributed by atoms with Crippen LogP contribution in [0.25, 0.3) is 0 Å². The molecule has 0 radical (unpaired) electrons. The standard InChI is InChI=1S/C22H16BrClN2O3S/c23-15-7-9-16(10-8-15)26-20(27)12-18(21(26)28)25(22(29)19-6-3-11-30-19)13-14-4-1-2-5-17(14)24/h1-11,18H,12-13H2. The lowest BCUT2D eigenvalue weighted by Crippen LogP contribution is -2.45. The molecule has 30 heavy (non-hydrogen) atoms. The van der Waals surface area contributed by atoms with Crippen LogP contribution in [0.5, 0.6) is 0 Å². The van der Waals surface area contributed by atoms with E-state index in [0.29, 0.717) is 21.2 Å². The van der Waals surface area contributed by atoms with Gasteiger partial charge in [-0.2, -0.15) is 0 Å². The third kappa shape index (κ3) is 4.05. The Morgan fingerprint density at radius 3 is 2.50 bits per heavy atom. The first-order chi connectivity index (χ1) is 14.5. The van der Waals surface area contributed by atoms with Crippen LogP contribution in [0.2, 0.25) is 5.02 Å². The molecule has 0 bridgehead atoms. The molecular weight excluding hydrogens is 488 g/mol. The maximum atomic E-state index is 13.3. The molecule has 1 aromatic heterocycles. The fourth-order valence-corrected chi connectivity index (χ4v) is 4.54. The van der Waals surface area contributed by atoms with Crippen molar-refractivity contribution in [2.75, 3.05) is 4.90 Å². The number of imide groups is 1. The van der Waals surface area contributed by atoms with Crippen molar-refractivity contribution in [3.05, 3.63) is 86.0 Å². The van der Waals surface area contributed by atoms with E-state index in [1.54, 1.807) is 53.9 Å². The zero-order chi connectivity index (χ0) is 21.3. The summed E-state index contributed by atoms with van der Waals surface area (Å²) in [6.07, 6.45) is -0.0730. The Morgan fingerprint density at radius 1 is 1.10 bits per heavy atom. The first-order valence-electron chi connectivity index (χ1n) is 9.16. The number of hydrogen-bond acceptors (Lipinski definition) is 4. The highest BCUT2D eigenvalue weighted by molar-refractivity contribution is 9.10. The number of carbonyl (C=O) groups is 3. The van der Waals surface area contributed by atoms with Crippen LogP contribution in [0, 0.1) is 0 Å². The number of anilines is 1. The molecule has 4 rings (SSSR count). The lowest BCUT2D eigenvalue weighted by Gasteiger charge is -2.27. The fourth-order valence-electron chi connectivity index (χ4n) is 3.40. The molecule has 0 saturated carbocycles. The molecule has 8 heteroatoms. The van der Waals surface area contributed by atoms with Crippen molar-refractivity contribution in [3.8, 4) is 0 Å². The Kier molecular flexibility index (Phi) is 6.04. The van der Waals surface area contributed by atoms with E-state index in [-0.39, 0.29) is 24.8 Å². The fraction of sp³-hybridized carbons (Fsp3) is 0.136. The quantitative estimate of drug-likeness (QED) is 0.453. The average molecular weight is 504 g/mol. The van der Waals surface area contributed by atoms with Gasteiger partial charge in [-0.25, -0.2) is 4.90 Å². The smallest absolute Gasteiger partial charge is 0.264 e. The molecule has 0 N–H and O–H groups in total. The van der Waals surface area contributed by atoms with Crippen molar-refractivity contribution in [1.82, 2.24) is 4.90 Å². The summed E-state index contributed by atoms with van der Waals surface area (Å²) in [6.45, 7) is 0.133. The van der Waals surface area contributed by atoms with Crippen molar-refractivity contribution in [2.24, 2.45) is 0 Å². The van der Waals surface area contributed by atoms with Gasteiger partial charge >= 0.3 is 0 Å². The van der Waals surface area contributed by atoms with Gasteiger partial charge in [0.15, 0.2) is 0 Å². The normalized spacial score (nSPS) is 16.2. The topological polar surface area (TPSA) is 57.7 Å². The molecule has 0 aliphatic carbocycles.